The Morgan fingerprint density at radius 2 is 1.96 bits per heavy atom. The zero-order chi connectivity index (χ0) is 16.8. The van der Waals surface area contributed by atoms with Crippen LogP contribution in [0.5, 0.6) is 0 Å². The second kappa shape index (κ2) is 8.63. The maximum Gasteiger partial charge on any atom is 0.225 e. The molecule has 0 spiro atoms. The third-order valence-corrected chi connectivity index (χ3v) is 5.57. The van der Waals surface area contributed by atoms with Crippen molar-refractivity contribution in [1.82, 2.24) is 19.9 Å². The largest absolute Gasteiger partial charge is 0.342 e. The summed E-state index contributed by atoms with van der Waals surface area (Å²) in [5, 5.41) is 8.51. The lowest BCUT2D eigenvalue weighted by atomic mass is 9.94. The SMILES string of the molecule is CCCc1cn(C[C@H]2CCCN(C(=O)C3CCCCCC3)C2)nn1. The molecule has 0 unspecified atom stereocenters. The summed E-state index contributed by atoms with van der Waals surface area (Å²) in [6.45, 7) is 4.91. The smallest absolute Gasteiger partial charge is 0.225 e. The summed E-state index contributed by atoms with van der Waals surface area (Å²) in [6.07, 6.45) is 13.8. The lowest BCUT2D eigenvalue weighted by Crippen LogP contribution is -2.44. The van der Waals surface area contributed by atoms with Crippen LogP contribution in [-0.4, -0.2) is 38.9 Å². The third kappa shape index (κ3) is 4.58. The maximum absolute atomic E-state index is 12.9. The number of carbonyl (C=O) groups is 1. The Morgan fingerprint density at radius 1 is 1.17 bits per heavy atom. The third-order valence-electron chi connectivity index (χ3n) is 5.57. The molecule has 1 saturated carbocycles. The molecule has 5 nitrogen and oxygen atoms in total. The Kier molecular flexibility index (Phi) is 6.27. The van der Waals surface area contributed by atoms with Crippen LogP contribution in [0.25, 0.3) is 0 Å². The van der Waals surface area contributed by atoms with Crippen LogP contribution < -0.4 is 0 Å². The minimum Gasteiger partial charge on any atom is -0.342 e. The standard InChI is InChI=1S/C19H32N4O/c1-2-8-18-15-23(21-20-18)14-16-9-7-12-22(13-16)19(24)17-10-5-3-4-6-11-17/h15-17H,2-14H2,1H3/t16-/m0/s1. The van der Waals surface area contributed by atoms with Gasteiger partial charge in [0.1, 0.15) is 0 Å². The van der Waals surface area contributed by atoms with E-state index in [0.29, 0.717) is 11.8 Å². The highest BCUT2D eigenvalue weighted by Gasteiger charge is 2.29. The van der Waals surface area contributed by atoms with Gasteiger partial charge in [0.2, 0.25) is 5.91 Å². The monoisotopic (exact) mass is 332 g/mol. The van der Waals surface area contributed by atoms with Gasteiger partial charge in [-0.1, -0.05) is 44.2 Å². The molecule has 2 aliphatic rings. The minimum atomic E-state index is 0.286. The van der Waals surface area contributed by atoms with E-state index >= 15 is 0 Å². The number of amides is 1. The second-order valence-electron chi connectivity index (χ2n) is 7.66. The van der Waals surface area contributed by atoms with Gasteiger partial charge >= 0.3 is 0 Å². The van der Waals surface area contributed by atoms with Crippen molar-refractivity contribution in [1.29, 1.82) is 0 Å². The predicted octanol–water partition coefficient (Wildman–Crippen LogP) is 3.44. The first-order chi connectivity index (χ1) is 11.8. The molecule has 1 saturated heterocycles. The van der Waals surface area contributed by atoms with Crippen LogP contribution in [0.1, 0.15) is 70.4 Å². The molecule has 3 rings (SSSR count). The summed E-state index contributed by atoms with van der Waals surface area (Å²) in [6, 6.07) is 0. The number of piperidine rings is 1. The number of hydrogen-bond acceptors (Lipinski definition) is 3. The van der Waals surface area contributed by atoms with Crippen LogP contribution in [0.3, 0.4) is 0 Å². The summed E-state index contributed by atoms with van der Waals surface area (Å²) >= 11 is 0. The van der Waals surface area contributed by atoms with E-state index in [0.717, 1.165) is 57.4 Å². The van der Waals surface area contributed by atoms with Gasteiger partial charge < -0.3 is 4.90 Å². The molecule has 1 aromatic rings. The number of rotatable bonds is 5. The Hall–Kier alpha value is -1.39. The molecule has 5 heteroatoms. The van der Waals surface area contributed by atoms with Gasteiger partial charge in [0.15, 0.2) is 0 Å². The van der Waals surface area contributed by atoms with Crippen LogP contribution in [0.2, 0.25) is 0 Å². The van der Waals surface area contributed by atoms with Crippen LogP contribution in [0.4, 0.5) is 0 Å². The molecule has 0 bridgehead atoms. The predicted molar refractivity (Wildman–Crippen MR) is 94.5 cm³/mol. The first-order valence-corrected chi connectivity index (χ1v) is 9.94. The Balaban J connectivity index is 1.54. The number of aromatic nitrogens is 3. The molecule has 0 radical (unpaired) electrons. The Morgan fingerprint density at radius 3 is 2.71 bits per heavy atom. The normalized spacial score (nSPS) is 23.2. The zero-order valence-corrected chi connectivity index (χ0v) is 15.1. The van der Waals surface area contributed by atoms with Gasteiger partial charge in [-0.05, 0) is 38.0 Å². The highest BCUT2D eigenvalue weighted by atomic mass is 16.2. The first kappa shape index (κ1) is 17.4. The fourth-order valence-electron chi connectivity index (χ4n) is 4.26. The summed E-state index contributed by atoms with van der Waals surface area (Å²) in [7, 11) is 0. The van der Waals surface area contributed by atoms with Gasteiger partial charge in [0.25, 0.3) is 0 Å². The summed E-state index contributed by atoms with van der Waals surface area (Å²) in [5.41, 5.74) is 1.08. The van der Waals surface area contributed by atoms with Crippen molar-refractivity contribution in [3.05, 3.63) is 11.9 Å². The fraction of sp³-hybridized carbons (Fsp3) is 0.842. The molecule has 1 aliphatic carbocycles. The van der Waals surface area contributed by atoms with Gasteiger partial charge in [0, 0.05) is 31.7 Å². The molecule has 2 heterocycles. The van der Waals surface area contributed by atoms with Gasteiger partial charge in [-0.3, -0.25) is 9.48 Å². The molecule has 0 N–H and O–H groups in total. The summed E-state index contributed by atoms with van der Waals surface area (Å²) in [5.74, 6) is 1.23. The number of hydrogen-bond donors (Lipinski definition) is 0. The minimum absolute atomic E-state index is 0.286. The van der Waals surface area contributed by atoms with E-state index in [1.807, 2.05) is 4.68 Å². The average molecular weight is 332 g/mol. The van der Waals surface area contributed by atoms with E-state index in [1.165, 1.54) is 32.1 Å². The molecule has 134 valence electrons. The fourth-order valence-corrected chi connectivity index (χ4v) is 4.26. The number of likely N-dealkylation sites (tertiary alicyclic amines) is 1. The molecule has 1 atom stereocenters. The molecule has 1 aliphatic heterocycles. The van der Waals surface area contributed by atoms with Crippen LogP contribution >= 0.6 is 0 Å². The lowest BCUT2D eigenvalue weighted by Gasteiger charge is -2.34. The lowest BCUT2D eigenvalue weighted by molar-refractivity contribution is -0.138. The van der Waals surface area contributed by atoms with Crippen molar-refractivity contribution in [2.75, 3.05) is 13.1 Å². The maximum atomic E-state index is 12.9. The van der Waals surface area contributed by atoms with Crippen molar-refractivity contribution in [3.8, 4) is 0 Å². The van der Waals surface area contributed by atoms with Crippen molar-refractivity contribution < 1.29 is 4.79 Å². The van der Waals surface area contributed by atoms with Crippen LogP contribution in [-0.2, 0) is 17.8 Å². The Bertz CT molecular complexity index is 519. The van der Waals surface area contributed by atoms with E-state index in [9.17, 15) is 4.79 Å². The highest BCUT2D eigenvalue weighted by molar-refractivity contribution is 5.79. The molecular weight excluding hydrogens is 300 g/mol. The Labute approximate surface area is 145 Å². The van der Waals surface area contributed by atoms with E-state index in [-0.39, 0.29) is 5.92 Å². The number of nitrogens with zero attached hydrogens (tertiary/aromatic N) is 4. The van der Waals surface area contributed by atoms with Crippen molar-refractivity contribution >= 4 is 5.91 Å². The second-order valence-corrected chi connectivity index (χ2v) is 7.66. The van der Waals surface area contributed by atoms with E-state index in [2.05, 4.69) is 28.3 Å². The van der Waals surface area contributed by atoms with Gasteiger partial charge in [-0.25, -0.2) is 0 Å². The van der Waals surface area contributed by atoms with Crippen molar-refractivity contribution in [3.63, 3.8) is 0 Å². The van der Waals surface area contributed by atoms with Gasteiger partial charge in [-0.15, -0.1) is 5.10 Å². The highest BCUT2D eigenvalue weighted by Crippen LogP contribution is 2.27. The molecular formula is C19H32N4O. The molecule has 1 aromatic heterocycles. The molecule has 24 heavy (non-hydrogen) atoms. The molecule has 1 amide bonds. The van der Waals surface area contributed by atoms with Crippen LogP contribution in [0.15, 0.2) is 6.20 Å². The average Bonchev–Trinajstić information content (AvgIpc) is 2.86. The number of aryl methyl sites for hydroxylation is 1. The zero-order valence-electron chi connectivity index (χ0n) is 15.1. The van der Waals surface area contributed by atoms with Gasteiger partial charge in [0.05, 0.1) is 5.69 Å². The van der Waals surface area contributed by atoms with Crippen molar-refractivity contribution in [2.45, 2.75) is 77.7 Å². The van der Waals surface area contributed by atoms with E-state index in [4.69, 9.17) is 0 Å². The molecule has 2 fully saturated rings. The van der Waals surface area contributed by atoms with Crippen molar-refractivity contribution in [2.24, 2.45) is 11.8 Å². The number of carbonyl (C=O) groups excluding carboxylic acids is 1. The first-order valence-electron chi connectivity index (χ1n) is 9.94. The van der Waals surface area contributed by atoms with Gasteiger partial charge in [-0.2, -0.15) is 0 Å². The van der Waals surface area contributed by atoms with E-state index < -0.39 is 0 Å². The summed E-state index contributed by atoms with van der Waals surface area (Å²) in [4.78, 5) is 15.0. The quantitative estimate of drug-likeness (QED) is 0.776. The summed E-state index contributed by atoms with van der Waals surface area (Å²) < 4.78 is 1.98. The van der Waals surface area contributed by atoms with E-state index in [1.54, 1.807) is 0 Å². The molecule has 0 aromatic carbocycles. The van der Waals surface area contributed by atoms with Crippen LogP contribution in [0, 0.1) is 11.8 Å². The topological polar surface area (TPSA) is 51.0 Å².